The molecule has 0 radical (unpaired) electrons. The van der Waals surface area contributed by atoms with Crippen LogP contribution in [0.5, 0.6) is 5.75 Å². The quantitative estimate of drug-likeness (QED) is 0.256. The Morgan fingerprint density at radius 1 is 0.886 bits per heavy atom. The average Bonchev–Trinajstić information content (AvgIpc) is 3.07. The molecule has 0 unspecified atom stereocenters. The van der Waals surface area contributed by atoms with Gasteiger partial charge in [-0.05, 0) is 66.1 Å². The predicted octanol–water partition coefficient (Wildman–Crippen LogP) is 8.55. The van der Waals surface area contributed by atoms with Gasteiger partial charge in [-0.3, -0.25) is 14.5 Å². The summed E-state index contributed by atoms with van der Waals surface area (Å²) in [5.41, 5.74) is 2.49. The highest BCUT2D eigenvalue weighted by Crippen LogP contribution is 2.38. The first-order chi connectivity index (χ1) is 16.8. The second-order valence-corrected chi connectivity index (χ2v) is 10.4. The summed E-state index contributed by atoms with van der Waals surface area (Å²) in [5.74, 6) is -0.0245. The number of halogens is 4. The normalized spacial score (nSPS) is 14.7. The van der Waals surface area contributed by atoms with Crippen LogP contribution in [0.3, 0.4) is 0 Å². The molecule has 4 rings (SSSR count). The van der Waals surface area contributed by atoms with E-state index in [1.54, 1.807) is 36.4 Å². The molecule has 35 heavy (non-hydrogen) atoms. The van der Waals surface area contributed by atoms with Gasteiger partial charge in [0, 0.05) is 22.2 Å². The van der Waals surface area contributed by atoms with Gasteiger partial charge in [-0.15, -0.1) is 0 Å². The van der Waals surface area contributed by atoms with E-state index in [0.717, 1.165) is 23.7 Å². The van der Waals surface area contributed by atoms with Gasteiger partial charge < -0.3 is 4.74 Å². The lowest BCUT2D eigenvalue weighted by Crippen LogP contribution is -2.29. The molecule has 9 heteroatoms. The molecule has 1 saturated heterocycles. The monoisotopic (exact) mass is 565 g/mol. The van der Waals surface area contributed by atoms with Gasteiger partial charge in [0.25, 0.3) is 11.1 Å². The Morgan fingerprint density at radius 3 is 2.29 bits per heavy atom. The molecule has 2 amide bonds. The van der Waals surface area contributed by atoms with Crippen LogP contribution < -0.4 is 4.74 Å². The molecule has 0 bridgehead atoms. The van der Waals surface area contributed by atoms with Gasteiger partial charge in [-0.2, -0.15) is 0 Å². The maximum Gasteiger partial charge on any atom is 0.293 e. The summed E-state index contributed by atoms with van der Waals surface area (Å²) in [6, 6.07) is 18.3. The van der Waals surface area contributed by atoms with Crippen molar-refractivity contribution in [3.05, 3.63) is 102 Å². The molecule has 0 spiro atoms. The summed E-state index contributed by atoms with van der Waals surface area (Å²) in [7, 11) is 0. The molecule has 0 N–H and O–H groups in total. The van der Waals surface area contributed by atoms with E-state index in [2.05, 4.69) is 0 Å². The summed E-state index contributed by atoms with van der Waals surface area (Å²) in [6.07, 6.45) is 3.09. The molecular weight excluding hydrogens is 548 g/mol. The minimum Gasteiger partial charge on any atom is -0.486 e. The van der Waals surface area contributed by atoms with Crippen LogP contribution in [0.25, 0.3) is 6.08 Å². The molecule has 0 aromatic heterocycles. The van der Waals surface area contributed by atoms with Crippen molar-refractivity contribution < 1.29 is 14.3 Å². The van der Waals surface area contributed by atoms with E-state index < -0.39 is 0 Å². The Hall–Kier alpha value is -2.15. The molecule has 1 aliphatic heterocycles. The van der Waals surface area contributed by atoms with Crippen molar-refractivity contribution in [1.29, 1.82) is 0 Å². The summed E-state index contributed by atoms with van der Waals surface area (Å²) in [6.45, 7) is 0.509. The molecule has 1 heterocycles. The molecule has 180 valence electrons. The molecule has 0 atom stereocenters. The number of ether oxygens (including phenoxy) is 1. The largest absolute Gasteiger partial charge is 0.486 e. The molecule has 0 aliphatic carbocycles. The smallest absolute Gasteiger partial charge is 0.293 e. The summed E-state index contributed by atoms with van der Waals surface area (Å²) < 4.78 is 5.79. The Labute approximate surface area is 227 Å². The number of carbonyl (C=O) groups is 2. The van der Waals surface area contributed by atoms with Crippen LogP contribution >= 0.6 is 58.2 Å². The number of nitrogens with zero attached hydrogens (tertiary/aromatic N) is 1. The second-order valence-electron chi connectivity index (χ2n) is 7.76. The molecule has 3 aromatic carbocycles. The number of amides is 2. The Bertz CT molecular complexity index is 1270. The third-order valence-electron chi connectivity index (χ3n) is 5.27. The van der Waals surface area contributed by atoms with E-state index in [1.807, 2.05) is 30.3 Å². The molecule has 4 nitrogen and oxygen atoms in total. The first-order valence-electron chi connectivity index (χ1n) is 10.7. The first-order valence-corrected chi connectivity index (χ1v) is 13.0. The first kappa shape index (κ1) is 25.9. The van der Waals surface area contributed by atoms with Crippen molar-refractivity contribution >= 4 is 75.4 Å². The van der Waals surface area contributed by atoms with E-state index in [4.69, 9.17) is 51.1 Å². The number of thioether (sulfide) groups is 1. The summed E-state index contributed by atoms with van der Waals surface area (Å²) in [5, 5.41) is 1.26. The fourth-order valence-electron chi connectivity index (χ4n) is 3.52. The van der Waals surface area contributed by atoms with Crippen molar-refractivity contribution in [3.8, 4) is 5.75 Å². The number of benzene rings is 3. The number of aryl methyl sites for hydroxylation is 1. The van der Waals surface area contributed by atoms with Crippen molar-refractivity contribution in [2.45, 2.75) is 19.4 Å². The Morgan fingerprint density at radius 2 is 1.60 bits per heavy atom. The predicted molar refractivity (Wildman–Crippen MR) is 145 cm³/mol. The third kappa shape index (κ3) is 6.54. The van der Waals surface area contributed by atoms with Crippen LogP contribution in [0.1, 0.15) is 23.1 Å². The fraction of sp³-hybridized carbons (Fsp3) is 0.154. The van der Waals surface area contributed by atoms with Crippen LogP contribution in [0.2, 0.25) is 20.1 Å². The minimum absolute atomic E-state index is 0.149. The standard InChI is InChI=1S/C26H19Cl4NO3S/c27-19-9-8-18(20(28)14-19)15-34-24-21(29)11-17(12-22(24)30)13-23-25(32)31(26(33)35-23)10-4-7-16-5-2-1-3-6-16/h1-3,5-6,8-9,11-14H,4,7,10,15H2/b23-13+. The van der Waals surface area contributed by atoms with Crippen molar-refractivity contribution in [2.24, 2.45) is 0 Å². The molecule has 1 fully saturated rings. The lowest BCUT2D eigenvalue weighted by Gasteiger charge is -2.13. The number of imide groups is 1. The molecule has 0 saturated carbocycles. The average molecular weight is 567 g/mol. The van der Waals surface area contributed by atoms with Gasteiger partial charge in [-0.1, -0.05) is 82.8 Å². The van der Waals surface area contributed by atoms with Crippen molar-refractivity contribution in [3.63, 3.8) is 0 Å². The highest BCUT2D eigenvalue weighted by Gasteiger charge is 2.34. The van der Waals surface area contributed by atoms with Crippen molar-refractivity contribution in [2.75, 3.05) is 6.54 Å². The topological polar surface area (TPSA) is 46.6 Å². The number of hydrogen-bond donors (Lipinski definition) is 0. The molecule has 1 aliphatic rings. The molecular formula is C26H19Cl4NO3S. The van der Waals surface area contributed by atoms with Gasteiger partial charge in [-0.25, -0.2) is 0 Å². The van der Waals surface area contributed by atoms with Gasteiger partial charge >= 0.3 is 0 Å². The number of carbonyl (C=O) groups excluding carboxylic acids is 2. The summed E-state index contributed by atoms with van der Waals surface area (Å²) in [4.78, 5) is 26.8. The van der Waals surface area contributed by atoms with Crippen LogP contribution in [-0.4, -0.2) is 22.6 Å². The van der Waals surface area contributed by atoms with E-state index in [9.17, 15) is 9.59 Å². The van der Waals surface area contributed by atoms with E-state index >= 15 is 0 Å². The Balaban J connectivity index is 1.42. The molecule has 3 aromatic rings. The van der Waals surface area contributed by atoms with E-state index in [1.165, 1.54) is 10.5 Å². The Kier molecular flexibility index (Phi) is 8.68. The highest BCUT2D eigenvalue weighted by atomic mass is 35.5. The SMILES string of the molecule is O=C1S/C(=C/c2cc(Cl)c(OCc3ccc(Cl)cc3Cl)c(Cl)c2)C(=O)N1CCCc1ccccc1. The van der Waals surface area contributed by atoms with Crippen LogP contribution in [0, 0.1) is 0 Å². The zero-order valence-corrected chi connectivity index (χ0v) is 22.1. The highest BCUT2D eigenvalue weighted by molar-refractivity contribution is 8.18. The lowest BCUT2D eigenvalue weighted by atomic mass is 10.1. The minimum atomic E-state index is -0.321. The second kappa shape index (κ2) is 11.7. The zero-order valence-electron chi connectivity index (χ0n) is 18.3. The maximum atomic E-state index is 12.8. The van der Waals surface area contributed by atoms with Gasteiger partial charge in [0.15, 0.2) is 5.75 Å². The number of rotatable bonds is 8. The van der Waals surface area contributed by atoms with Crippen LogP contribution in [-0.2, 0) is 17.8 Å². The lowest BCUT2D eigenvalue weighted by molar-refractivity contribution is -0.122. The van der Waals surface area contributed by atoms with Crippen molar-refractivity contribution in [1.82, 2.24) is 4.90 Å². The van der Waals surface area contributed by atoms with E-state index in [-0.39, 0.29) is 27.8 Å². The van der Waals surface area contributed by atoms with E-state index in [0.29, 0.717) is 39.2 Å². The van der Waals surface area contributed by atoms with Gasteiger partial charge in [0.1, 0.15) is 6.61 Å². The van der Waals surface area contributed by atoms with Crippen LogP contribution in [0.4, 0.5) is 4.79 Å². The zero-order chi connectivity index (χ0) is 24.9. The maximum absolute atomic E-state index is 12.8. The third-order valence-corrected chi connectivity index (χ3v) is 7.32. The van der Waals surface area contributed by atoms with Crippen LogP contribution in [0.15, 0.2) is 65.6 Å². The van der Waals surface area contributed by atoms with Gasteiger partial charge in [0.2, 0.25) is 0 Å². The summed E-state index contributed by atoms with van der Waals surface area (Å²) >= 11 is 25.8. The van der Waals surface area contributed by atoms with Gasteiger partial charge in [0.05, 0.1) is 15.0 Å². The fourth-order valence-corrected chi connectivity index (χ4v) is 5.46. The number of hydrogen-bond acceptors (Lipinski definition) is 4.